The van der Waals surface area contributed by atoms with Crippen LogP contribution >= 0.6 is 22.9 Å². The van der Waals surface area contributed by atoms with E-state index >= 15 is 0 Å². The van der Waals surface area contributed by atoms with Crippen LogP contribution in [0.4, 0.5) is 0 Å². The highest BCUT2D eigenvalue weighted by atomic mass is 35.5. The number of aromatic carboxylic acids is 1. The minimum atomic E-state index is -1.04. The van der Waals surface area contributed by atoms with Crippen LogP contribution in [0.15, 0.2) is 96.3 Å². The molecule has 1 saturated heterocycles. The maximum atomic E-state index is 13.9. The van der Waals surface area contributed by atoms with Crippen molar-refractivity contribution in [3.05, 3.63) is 124 Å². The Morgan fingerprint density at radius 1 is 0.897 bits per heavy atom. The largest absolute Gasteiger partial charge is 0.487 e. The van der Waals surface area contributed by atoms with Gasteiger partial charge in [-0.15, -0.1) is 11.3 Å². The van der Waals surface area contributed by atoms with Crippen LogP contribution in [-0.4, -0.2) is 138 Å². The molecule has 6 aromatic rings. The summed E-state index contributed by atoms with van der Waals surface area (Å²) >= 11 is 8.25. The number of amides is 3. The first-order chi connectivity index (χ1) is 37.4. The Kier molecular flexibility index (Phi) is 21.0. The van der Waals surface area contributed by atoms with Gasteiger partial charge in [0.05, 0.1) is 96.2 Å². The van der Waals surface area contributed by atoms with E-state index in [-0.39, 0.29) is 49.8 Å². The summed E-state index contributed by atoms with van der Waals surface area (Å²) in [4.78, 5) is 66.4. The smallest absolute Gasteiger partial charge is 0.336 e. The van der Waals surface area contributed by atoms with Crippen LogP contribution in [-0.2, 0) is 39.9 Å². The summed E-state index contributed by atoms with van der Waals surface area (Å²) in [5, 5.41) is 17.2. The third-order valence-corrected chi connectivity index (χ3v) is 13.9. The zero-order valence-electron chi connectivity index (χ0n) is 44.5. The maximum absolute atomic E-state index is 13.9. The molecule has 8 N–H and O–H groups in total. The molecule has 0 aliphatic carbocycles. The molecule has 0 bridgehead atoms. The molecule has 4 aromatic carbocycles. The summed E-state index contributed by atoms with van der Waals surface area (Å²) in [6.45, 7) is 12.4. The number of hydrogen-bond acceptors (Lipinski definition) is 16. The number of thiazole rings is 1. The van der Waals surface area contributed by atoms with Crippen molar-refractivity contribution in [3.8, 4) is 39.1 Å². The zero-order chi connectivity index (χ0) is 55.8. The highest BCUT2D eigenvalue weighted by molar-refractivity contribution is 7.13. The topological polar surface area (TPSA) is 268 Å². The Labute approximate surface area is 462 Å². The first kappa shape index (κ1) is 58.6. The van der Waals surface area contributed by atoms with Crippen LogP contribution in [0.3, 0.4) is 0 Å². The van der Waals surface area contributed by atoms with E-state index in [0.717, 1.165) is 32.8 Å². The van der Waals surface area contributed by atoms with Gasteiger partial charge in [-0.2, -0.15) is 4.98 Å². The molecule has 416 valence electrons. The number of aryl methyl sites for hydroxylation is 2. The fourth-order valence-electron chi connectivity index (χ4n) is 8.47. The molecule has 1 fully saturated rings. The lowest BCUT2D eigenvalue weighted by molar-refractivity contribution is -0.144. The van der Waals surface area contributed by atoms with Gasteiger partial charge in [-0.1, -0.05) is 74.8 Å². The van der Waals surface area contributed by atoms with Crippen LogP contribution in [0.5, 0.6) is 17.5 Å². The molecule has 1 aliphatic heterocycles. The van der Waals surface area contributed by atoms with Crippen molar-refractivity contribution < 1.29 is 52.7 Å². The van der Waals surface area contributed by atoms with Crippen LogP contribution in [0.1, 0.15) is 60.8 Å². The maximum Gasteiger partial charge on any atom is 0.336 e. The molecule has 2 unspecified atom stereocenters. The Balaban J connectivity index is 0.711. The van der Waals surface area contributed by atoms with Gasteiger partial charge in [-0.3, -0.25) is 14.4 Å². The Bertz CT molecular complexity index is 3020. The lowest BCUT2D eigenvalue weighted by atomic mass is 9.85. The number of ether oxygens (including phenoxy) is 6. The Hall–Kier alpha value is -7.11. The second kappa shape index (κ2) is 28.0. The molecule has 0 radical (unpaired) electrons. The number of rotatable bonds is 28. The molecule has 3 amide bonds. The number of benzene rings is 4. The number of carboxylic acids is 1. The number of nitrogens with zero attached hydrogens (tertiary/aromatic N) is 4. The van der Waals surface area contributed by atoms with E-state index < -0.39 is 29.4 Å². The summed E-state index contributed by atoms with van der Waals surface area (Å²) in [6, 6.07) is 22.5. The SMILES string of the molecule is Cc1ccc(Oc2nc3cc(-c4ccc(OC/C(N)=C/N(N)CCOCCOCCOCCOCC(=O)NC(C(=O)N5CCCC5C(=O)NCc5ccc(-c6scnc6C)cc5)C(C)(C)C)cc4)c(Cl)cc3[nH]2)cc1C(=O)O. The summed E-state index contributed by atoms with van der Waals surface area (Å²) in [6.07, 6.45) is 2.81. The summed E-state index contributed by atoms with van der Waals surface area (Å²) in [5.41, 5.74) is 14.4. The number of carboxylic acid groups (broad SMARTS) is 1. The van der Waals surface area contributed by atoms with Crippen molar-refractivity contribution in [2.75, 3.05) is 72.6 Å². The van der Waals surface area contributed by atoms with Gasteiger partial charge in [0, 0.05) is 24.9 Å². The number of fused-ring (bicyclic) bond motifs is 1. The van der Waals surface area contributed by atoms with Gasteiger partial charge in [0.15, 0.2) is 0 Å². The lowest BCUT2D eigenvalue weighted by Crippen LogP contribution is -2.58. The molecule has 3 heterocycles. The minimum Gasteiger partial charge on any atom is -0.487 e. The number of hydrazine groups is 1. The fraction of sp³-hybridized carbons (Fsp3) is 0.393. The van der Waals surface area contributed by atoms with Crippen molar-refractivity contribution in [2.45, 2.75) is 66.1 Å². The number of imidazole rings is 1. The molecule has 20 nitrogen and oxygen atoms in total. The van der Waals surface area contributed by atoms with E-state index in [1.165, 1.54) is 11.1 Å². The molecule has 2 aromatic heterocycles. The highest BCUT2D eigenvalue weighted by Crippen LogP contribution is 2.35. The number of carbonyl (C=O) groups is 4. The van der Waals surface area contributed by atoms with Crippen LogP contribution in [0.2, 0.25) is 5.02 Å². The third kappa shape index (κ3) is 16.7. The second-order valence-electron chi connectivity index (χ2n) is 19.7. The number of aromatic amines is 1. The van der Waals surface area contributed by atoms with Crippen molar-refractivity contribution in [1.82, 2.24) is 35.5 Å². The van der Waals surface area contributed by atoms with Gasteiger partial charge >= 0.3 is 5.97 Å². The van der Waals surface area contributed by atoms with Gasteiger partial charge in [-0.25, -0.2) is 15.6 Å². The molecular formula is C56H68ClN9O11S. The summed E-state index contributed by atoms with van der Waals surface area (Å²) < 4.78 is 34.0. The average Bonchev–Trinajstić information content (AvgIpc) is 4.22. The van der Waals surface area contributed by atoms with E-state index in [9.17, 15) is 24.3 Å². The van der Waals surface area contributed by atoms with Crippen molar-refractivity contribution in [3.63, 3.8) is 0 Å². The number of H-pyrrole nitrogens is 1. The van der Waals surface area contributed by atoms with Gasteiger partial charge in [0.2, 0.25) is 17.7 Å². The second-order valence-corrected chi connectivity index (χ2v) is 20.9. The lowest BCUT2D eigenvalue weighted by Gasteiger charge is -2.35. The average molecular weight is 1110 g/mol. The van der Waals surface area contributed by atoms with Crippen molar-refractivity contribution >= 4 is 57.7 Å². The van der Waals surface area contributed by atoms with E-state index in [0.29, 0.717) is 104 Å². The molecule has 7 rings (SSSR count). The molecule has 78 heavy (non-hydrogen) atoms. The van der Waals surface area contributed by atoms with E-state index in [1.54, 1.807) is 59.7 Å². The van der Waals surface area contributed by atoms with Gasteiger partial charge in [-0.05, 0) is 90.8 Å². The van der Waals surface area contributed by atoms with Crippen LogP contribution in [0, 0.1) is 19.3 Å². The number of aromatic nitrogens is 3. The first-order valence-corrected chi connectivity index (χ1v) is 26.8. The number of hydrogen-bond donors (Lipinski definition) is 6. The zero-order valence-corrected chi connectivity index (χ0v) is 46.0. The van der Waals surface area contributed by atoms with Gasteiger partial charge in [0.25, 0.3) is 6.01 Å². The molecule has 0 saturated carbocycles. The molecule has 2 atom stereocenters. The number of halogens is 1. The number of carbonyl (C=O) groups excluding carboxylic acids is 3. The predicted molar refractivity (Wildman–Crippen MR) is 297 cm³/mol. The normalized spacial score (nSPS) is 14.1. The van der Waals surface area contributed by atoms with Gasteiger partial charge < -0.3 is 64.8 Å². The fourth-order valence-corrected chi connectivity index (χ4v) is 9.55. The van der Waals surface area contributed by atoms with E-state index in [1.807, 2.05) is 75.7 Å². The minimum absolute atomic E-state index is 0.0969. The molecule has 1 aliphatic rings. The number of nitrogens with two attached hydrogens (primary N) is 2. The van der Waals surface area contributed by atoms with Crippen LogP contribution < -0.4 is 31.7 Å². The summed E-state index contributed by atoms with van der Waals surface area (Å²) in [7, 11) is 0. The monoisotopic (exact) mass is 1110 g/mol. The van der Waals surface area contributed by atoms with Crippen molar-refractivity contribution in [1.29, 1.82) is 0 Å². The summed E-state index contributed by atoms with van der Waals surface area (Å²) in [5.74, 6) is 5.02. The molecule has 22 heteroatoms. The van der Waals surface area contributed by atoms with Crippen molar-refractivity contribution in [2.24, 2.45) is 17.0 Å². The number of likely N-dealkylation sites (tertiary alicyclic amines) is 1. The van der Waals surface area contributed by atoms with E-state index in [4.69, 9.17) is 51.6 Å². The third-order valence-electron chi connectivity index (χ3n) is 12.6. The Morgan fingerprint density at radius 3 is 2.23 bits per heavy atom. The van der Waals surface area contributed by atoms with E-state index in [2.05, 4.69) is 25.6 Å². The standard InChI is InChI=1S/C56H68ClN9O11S/c1-35-8-15-42(27-43(35)54(70)71)77-55-62-46-28-44(45(57)29-47(46)63-55)38-13-16-41(17-14-38)76-32-40(58)31-65(59)19-20-72-21-22-73-23-24-74-25-26-75-33-49(67)64-51(56(3,4)5)53(69)66-18-6-7-48(66)52(68)60-30-37-9-11-39(12-10-37)50-36(2)61-34-78-50/h8-17,27-29,31,34,48,51H,6-7,18-26,30,32-33,58-59H2,1-5H3,(H,60,68)(H,62,63)(H,64,67)(H,70,71)/b40-31-. The first-order valence-electron chi connectivity index (χ1n) is 25.5. The Morgan fingerprint density at radius 2 is 1.56 bits per heavy atom. The quantitative estimate of drug-likeness (QED) is 0.0159. The predicted octanol–water partition coefficient (Wildman–Crippen LogP) is 7.37. The molecule has 0 spiro atoms. The highest BCUT2D eigenvalue weighted by Gasteiger charge is 2.42. The number of nitrogens with one attached hydrogen (secondary N) is 3. The van der Waals surface area contributed by atoms with Crippen LogP contribution in [0.25, 0.3) is 32.6 Å². The van der Waals surface area contributed by atoms with Gasteiger partial charge in [0.1, 0.15) is 36.8 Å². The molecular weight excluding hydrogens is 1040 g/mol.